The number of carbonyl (C=O) groups excluding carboxylic acids is 2. The van der Waals surface area contributed by atoms with Crippen molar-refractivity contribution >= 4 is 22.7 Å². The van der Waals surface area contributed by atoms with Gasteiger partial charge in [-0.25, -0.2) is 4.79 Å². The van der Waals surface area contributed by atoms with Crippen LogP contribution in [0.4, 0.5) is 0 Å². The van der Waals surface area contributed by atoms with Gasteiger partial charge in [-0.05, 0) is 36.2 Å². The highest BCUT2D eigenvalue weighted by Crippen LogP contribution is 2.29. The summed E-state index contributed by atoms with van der Waals surface area (Å²) in [7, 11) is 1.56. The Morgan fingerprint density at radius 1 is 0.935 bits per heavy atom. The van der Waals surface area contributed by atoms with Crippen LogP contribution in [-0.2, 0) is 11.2 Å². The van der Waals surface area contributed by atoms with Crippen LogP contribution in [0, 0.1) is 0 Å². The molecule has 31 heavy (non-hydrogen) atoms. The molecule has 0 aliphatic carbocycles. The zero-order chi connectivity index (χ0) is 21.8. The molecule has 1 atom stereocenters. The van der Waals surface area contributed by atoms with Gasteiger partial charge in [-0.1, -0.05) is 55.5 Å². The number of rotatable bonds is 7. The van der Waals surface area contributed by atoms with Crippen molar-refractivity contribution in [1.29, 1.82) is 0 Å². The van der Waals surface area contributed by atoms with Crippen LogP contribution >= 0.6 is 0 Å². The quantitative estimate of drug-likeness (QED) is 0.320. The van der Waals surface area contributed by atoms with E-state index >= 15 is 0 Å². The molecule has 4 rings (SSSR count). The molecule has 0 aliphatic heterocycles. The number of Topliss-reactive ketones (excluding diaryl/α,β-unsaturated/α-hetero) is 1. The number of fused-ring (bicyclic) bond motifs is 1. The van der Waals surface area contributed by atoms with E-state index in [2.05, 4.69) is 11.9 Å². The molecule has 1 heterocycles. The normalized spacial score (nSPS) is 11.8. The predicted molar refractivity (Wildman–Crippen MR) is 120 cm³/mol. The van der Waals surface area contributed by atoms with E-state index < -0.39 is 12.1 Å². The minimum Gasteiger partial charge on any atom is -0.497 e. The van der Waals surface area contributed by atoms with Crippen molar-refractivity contribution in [2.45, 2.75) is 19.4 Å². The van der Waals surface area contributed by atoms with Crippen LogP contribution in [-0.4, -0.2) is 23.8 Å². The fourth-order valence-electron chi connectivity index (χ4n) is 3.66. The van der Waals surface area contributed by atoms with Crippen molar-refractivity contribution in [2.24, 2.45) is 0 Å². The minimum absolute atomic E-state index is 0.271. The first-order valence-electron chi connectivity index (χ1n) is 10.2. The molecule has 0 amide bonds. The number of ketones is 1. The Morgan fingerprint density at radius 2 is 1.68 bits per heavy atom. The first-order chi connectivity index (χ1) is 15.1. The van der Waals surface area contributed by atoms with Crippen molar-refractivity contribution in [3.63, 3.8) is 0 Å². The summed E-state index contributed by atoms with van der Waals surface area (Å²) >= 11 is 0. The van der Waals surface area contributed by atoms with Crippen molar-refractivity contribution in [3.8, 4) is 5.75 Å². The Morgan fingerprint density at radius 3 is 2.35 bits per heavy atom. The van der Waals surface area contributed by atoms with Gasteiger partial charge < -0.3 is 14.5 Å². The van der Waals surface area contributed by atoms with Crippen LogP contribution in [0.3, 0.4) is 0 Å². The SMILES string of the molecule is CCc1cccc2c(C(=O)[C@@H](OC(=O)c3ccc(OC)cc3)c3ccccc3)c[nH]c12. The zero-order valence-electron chi connectivity index (χ0n) is 17.4. The summed E-state index contributed by atoms with van der Waals surface area (Å²) in [6.45, 7) is 2.07. The highest BCUT2D eigenvalue weighted by molar-refractivity contribution is 6.11. The van der Waals surface area contributed by atoms with Gasteiger partial charge >= 0.3 is 5.97 Å². The number of aryl methyl sites for hydroxylation is 1. The Labute approximate surface area is 180 Å². The lowest BCUT2D eigenvalue weighted by Crippen LogP contribution is -2.20. The summed E-state index contributed by atoms with van der Waals surface area (Å²) in [5.41, 5.74) is 3.53. The summed E-state index contributed by atoms with van der Waals surface area (Å²) in [4.78, 5) is 29.6. The molecule has 5 heteroatoms. The van der Waals surface area contributed by atoms with Crippen LogP contribution < -0.4 is 4.74 Å². The molecule has 1 N–H and O–H groups in total. The van der Waals surface area contributed by atoms with Gasteiger partial charge in [-0.3, -0.25) is 4.79 Å². The van der Waals surface area contributed by atoms with Gasteiger partial charge in [0, 0.05) is 28.2 Å². The van der Waals surface area contributed by atoms with E-state index in [1.54, 1.807) is 49.7 Å². The number of hydrogen-bond acceptors (Lipinski definition) is 4. The van der Waals surface area contributed by atoms with Gasteiger partial charge in [0.2, 0.25) is 5.78 Å². The Bertz CT molecular complexity index is 1210. The summed E-state index contributed by atoms with van der Waals surface area (Å²) < 4.78 is 10.9. The smallest absolute Gasteiger partial charge is 0.339 e. The molecule has 4 aromatic rings. The first-order valence-corrected chi connectivity index (χ1v) is 10.2. The first kappa shape index (κ1) is 20.4. The third-order valence-electron chi connectivity index (χ3n) is 5.34. The second kappa shape index (κ2) is 8.88. The monoisotopic (exact) mass is 413 g/mol. The van der Waals surface area contributed by atoms with E-state index in [9.17, 15) is 9.59 Å². The number of nitrogens with one attached hydrogen (secondary N) is 1. The van der Waals surface area contributed by atoms with E-state index in [0.29, 0.717) is 22.4 Å². The lowest BCUT2D eigenvalue weighted by Gasteiger charge is -2.17. The van der Waals surface area contributed by atoms with Crippen LogP contribution in [0.5, 0.6) is 5.75 Å². The molecule has 0 aliphatic rings. The fourth-order valence-corrected chi connectivity index (χ4v) is 3.66. The number of H-pyrrole nitrogens is 1. The molecule has 156 valence electrons. The molecule has 3 aromatic carbocycles. The zero-order valence-corrected chi connectivity index (χ0v) is 17.4. The van der Waals surface area contributed by atoms with Gasteiger partial charge in [-0.2, -0.15) is 0 Å². The summed E-state index contributed by atoms with van der Waals surface area (Å²) in [5.74, 6) is -0.204. The van der Waals surface area contributed by atoms with Gasteiger partial charge in [0.1, 0.15) is 5.75 Å². The third kappa shape index (κ3) is 4.08. The lowest BCUT2D eigenvalue weighted by atomic mass is 9.98. The number of esters is 1. The molecular formula is C26H23NO4. The van der Waals surface area contributed by atoms with Crippen molar-refractivity contribution in [1.82, 2.24) is 4.98 Å². The van der Waals surface area contributed by atoms with E-state index in [-0.39, 0.29) is 5.78 Å². The maximum absolute atomic E-state index is 13.6. The van der Waals surface area contributed by atoms with Gasteiger partial charge in [0.15, 0.2) is 6.10 Å². The Balaban J connectivity index is 1.70. The number of para-hydroxylation sites is 1. The summed E-state index contributed by atoms with van der Waals surface area (Å²) in [6, 6.07) is 21.6. The van der Waals surface area contributed by atoms with Crippen molar-refractivity contribution in [3.05, 3.63) is 101 Å². The molecular weight excluding hydrogens is 390 g/mol. The fraction of sp³-hybridized carbons (Fsp3) is 0.154. The second-order valence-electron chi connectivity index (χ2n) is 7.18. The average molecular weight is 413 g/mol. The van der Waals surface area contributed by atoms with Crippen LogP contribution in [0.25, 0.3) is 10.9 Å². The van der Waals surface area contributed by atoms with Crippen molar-refractivity contribution in [2.75, 3.05) is 7.11 Å². The molecule has 0 radical (unpaired) electrons. The number of benzene rings is 3. The summed E-state index contributed by atoms with van der Waals surface area (Å²) in [5, 5.41) is 0.825. The van der Waals surface area contributed by atoms with Crippen LogP contribution in [0.1, 0.15) is 44.9 Å². The molecule has 5 nitrogen and oxygen atoms in total. The van der Waals surface area contributed by atoms with E-state index in [1.165, 1.54) is 0 Å². The highest BCUT2D eigenvalue weighted by atomic mass is 16.5. The van der Waals surface area contributed by atoms with Gasteiger partial charge in [0.25, 0.3) is 0 Å². The molecule has 0 unspecified atom stereocenters. The van der Waals surface area contributed by atoms with E-state index in [0.717, 1.165) is 22.9 Å². The topological polar surface area (TPSA) is 68.4 Å². The molecule has 1 aromatic heterocycles. The minimum atomic E-state index is -1.06. The van der Waals surface area contributed by atoms with Crippen LogP contribution in [0.2, 0.25) is 0 Å². The van der Waals surface area contributed by atoms with E-state index in [4.69, 9.17) is 9.47 Å². The standard InChI is InChI=1S/C26H23NO4/c1-3-17-10-7-11-21-22(16-27-23(17)21)24(28)25(18-8-5-4-6-9-18)31-26(29)19-12-14-20(30-2)15-13-19/h4-16,25,27H,3H2,1-2H3/t25-/m0/s1. The molecule has 0 saturated carbocycles. The Kier molecular flexibility index (Phi) is 5.85. The molecule has 0 bridgehead atoms. The van der Waals surface area contributed by atoms with Crippen molar-refractivity contribution < 1.29 is 19.1 Å². The third-order valence-corrected chi connectivity index (χ3v) is 5.34. The number of hydrogen-bond donors (Lipinski definition) is 1. The largest absolute Gasteiger partial charge is 0.497 e. The molecule has 0 spiro atoms. The number of aromatic nitrogens is 1. The summed E-state index contributed by atoms with van der Waals surface area (Å²) in [6.07, 6.45) is 1.49. The number of ether oxygens (including phenoxy) is 2. The number of methoxy groups -OCH3 is 1. The number of carbonyl (C=O) groups is 2. The average Bonchev–Trinajstić information content (AvgIpc) is 3.27. The highest BCUT2D eigenvalue weighted by Gasteiger charge is 2.28. The van der Waals surface area contributed by atoms with Crippen LogP contribution in [0.15, 0.2) is 79.0 Å². The molecule has 0 saturated heterocycles. The second-order valence-corrected chi connectivity index (χ2v) is 7.18. The van der Waals surface area contributed by atoms with E-state index in [1.807, 2.05) is 36.4 Å². The Hall–Kier alpha value is -3.86. The predicted octanol–water partition coefficient (Wildman–Crippen LogP) is 5.52. The van der Waals surface area contributed by atoms with Gasteiger partial charge in [0.05, 0.1) is 12.7 Å². The molecule has 0 fully saturated rings. The maximum Gasteiger partial charge on any atom is 0.339 e. The van der Waals surface area contributed by atoms with Gasteiger partial charge in [-0.15, -0.1) is 0 Å². The maximum atomic E-state index is 13.6. The lowest BCUT2D eigenvalue weighted by molar-refractivity contribution is 0.0280. The number of aromatic amines is 1.